The van der Waals surface area contributed by atoms with Gasteiger partial charge >= 0.3 is 0 Å². The fourth-order valence-corrected chi connectivity index (χ4v) is 1.64. The number of hydrogen-bond donors (Lipinski definition) is 2. The molecule has 0 saturated heterocycles. The Morgan fingerprint density at radius 2 is 2.20 bits per heavy atom. The van der Waals surface area contributed by atoms with Crippen LogP contribution in [0, 0.1) is 0 Å². The van der Waals surface area contributed by atoms with Crippen molar-refractivity contribution in [2.75, 3.05) is 0 Å². The van der Waals surface area contributed by atoms with Gasteiger partial charge in [0.1, 0.15) is 0 Å². The van der Waals surface area contributed by atoms with E-state index in [0.717, 1.165) is 22.9 Å². The maximum absolute atomic E-state index is 10.9. The summed E-state index contributed by atoms with van der Waals surface area (Å²) >= 11 is 3.91. The first-order valence-corrected chi connectivity index (χ1v) is 5.00. The van der Waals surface area contributed by atoms with Crippen molar-refractivity contribution in [3.8, 4) is 0 Å². The molecule has 0 aliphatic heterocycles. The molecule has 2 aromatic rings. The predicted octanol–water partition coefficient (Wildman–Crippen LogP) is 1.98. The molecule has 4 heteroatoms. The van der Waals surface area contributed by atoms with Gasteiger partial charge in [0, 0.05) is 17.5 Å². The molecule has 0 aliphatic carbocycles. The minimum atomic E-state index is 0.474. The van der Waals surface area contributed by atoms with Crippen molar-refractivity contribution < 1.29 is 4.79 Å². The van der Waals surface area contributed by atoms with E-state index in [1.807, 2.05) is 30.3 Å². The number of para-hydroxylation sites is 1. The Morgan fingerprint density at radius 1 is 1.40 bits per heavy atom. The molecule has 1 heterocycles. The predicted molar refractivity (Wildman–Crippen MR) is 63.0 cm³/mol. The summed E-state index contributed by atoms with van der Waals surface area (Å²) in [5.74, 6) is 0. The number of carbonyl (C=O) groups is 1. The Kier molecular flexibility index (Phi) is 2.99. The molecule has 0 fully saturated rings. The zero-order valence-corrected chi connectivity index (χ0v) is 8.87. The van der Waals surface area contributed by atoms with Crippen LogP contribution in [0.2, 0.25) is 0 Å². The Balaban J connectivity index is 2.63. The quantitative estimate of drug-likeness (QED) is 0.611. The minimum Gasteiger partial charge on any atom is -0.298 e. The smallest absolute Gasteiger partial charge is 0.151 e. The number of nitrogens with zero attached hydrogens (tertiary/aromatic N) is 1. The lowest BCUT2D eigenvalue weighted by atomic mass is 10.1. The van der Waals surface area contributed by atoms with Crippen molar-refractivity contribution in [1.29, 1.82) is 0 Å². The van der Waals surface area contributed by atoms with Gasteiger partial charge < -0.3 is 0 Å². The molecule has 0 spiro atoms. The van der Waals surface area contributed by atoms with Crippen molar-refractivity contribution in [2.45, 2.75) is 6.54 Å². The first kappa shape index (κ1) is 10.1. The first-order chi connectivity index (χ1) is 7.35. The summed E-state index contributed by atoms with van der Waals surface area (Å²) in [6.45, 7) is 0.474. The van der Waals surface area contributed by atoms with E-state index in [0.29, 0.717) is 12.1 Å². The van der Waals surface area contributed by atoms with Gasteiger partial charge in [-0.1, -0.05) is 31.0 Å². The third kappa shape index (κ3) is 2.00. The van der Waals surface area contributed by atoms with E-state index >= 15 is 0 Å². The standard InChI is InChI=1S/C11H10N2OS/c14-7-9-5-8-3-1-2-4-10(8)13-11(9)6-12-15/h1-5,7,12,15H,6H2. The maximum Gasteiger partial charge on any atom is 0.151 e. The van der Waals surface area contributed by atoms with Gasteiger partial charge in [-0.15, -0.1) is 0 Å². The topological polar surface area (TPSA) is 42.0 Å². The minimum absolute atomic E-state index is 0.474. The van der Waals surface area contributed by atoms with Crippen LogP contribution in [-0.4, -0.2) is 11.3 Å². The van der Waals surface area contributed by atoms with Crippen molar-refractivity contribution >= 4 is 30.0 Å². The number of benzene rings is 1. The second-order valence-corrected chi connectivity index (χ2v) is 3.49. The van der Waals surface area contributed by atoms with E-state index in [1.165, 1.54) is 0 Å². The summed E-state index contributed by atoms with van der Waals surface area (Å²) in [4.78, 5) is 15.2. The maximum atomic E-state index is 10.9. The van der Waals surface area contributed by atoms with Crippen molar-refractivity contribution in [2.24, 2.45) is 0 Å². The normalized spacial score (nSPS) is 10.5. The average molecular weight is 218 g/mol. The molecular formula is C11H10N2OS. The number of carbonyl (C=O) groups excluding carboxylic acids is 1. The van der Waals surface area contributed by atoms with Crippen LogP contribution in [-0.2, 0) is 6.54 Å². The molecule has 2 rings (SSSR count). The van der Waals surface area contributed by atoms with Crippen LogP contribution < -0.4 is 4.72 Å². The summed E-state index contributed by atoms with van der Waals surface area (Å²) in [5, 5.41) is 0.975. The van der Waals surface area contributed by atoms with Gasteiger partial charge in [0.15, 0.2) is 6.29 Å². The van der Waals surface area contributed by atoms with E-state index in [4.69, 9.17) is 0 Å². The van der Waals surface area contributed by atoms with E-state index in [-0.39, 0.29) is 0 Å². The second-order valence-electron chi connectivity index (χ2n) is 3.17. The zero-order valence-electron chi connectivity index (χ0n) is 7.97. The molecule has 1 aromatic carbocycles. The monoisotopic (exact) mass is 218 g/mol. The van der Waals surface area contributed by atoms with Gasteiger partial charge in [0.25, 0.3) is 0 Å². The van der Waals surface area contributed by atoms with Crippen LogP contribution >= 0.6 is 12.8 Å². The molecule has 0 amide bonds. The molecule has 0 atom stereocenters. The van der Waals surface area contributed by atoms with E-state index in [9.17, 15) is 4.79 Å². The van der Waals surface area contributed by atoms with Crippen molar-refractivity contribution in [1.82, 2.24) is 9.71 Å². The van der Waals surface area contributed by atoms with E-state index in [2.05, 4.69) is 22.5 Å². The first-order valence-electron chi connectivity index (χ1n) is 4.56. The third-order valence-corrected chi connectivity index (χ3v) is 2.37. The Hall–Kier alpha value is -1.39. The molecule has 76 valence electrons. The molecule has 15 heavy (non-hydrogen) atoms. The van der Waals surface area contributed by atoms with Crippen molar-refractivity contribution in [3.63, 3.8) is 0 Å². The summed E-state index contributed by atoms with van der Waals surface area (Å²) < 4.78 is 2.70. The van der Waals surface area contributed by atoms with Gasteiger partial charge in [0.05, 0.1) is 11.2 Å². The number of rotatable bonds is 3. The van der Waals surface area contributed by atoms with Gasteiger partial charge in [-0.3, -0.25) is 14.5 Å². The summed E-state index contributed by atoms with van der Waals surface area (Å²) in [6, 6.07) is 9.55. The Bertz CT molecular complexity index is 499. The van der Waals surface area contributed by atoms with Gasteiger partial charge in [-0.05, 0) is 12.1 Å². The summed E-state index contributed by atoms with van der Waals surface area (Å²) in [6.07, 6.45) is 0.819. The van der Waals surface area contributed by atoms with Crippen LogP contribution in [0.25, 0.3) is 10.9 Å². The average Bonchev–Trinajstić information content (AvgIpc) is 2.28. The van der Waals surface area contributed by atoms with Crippen LogP contribution in [0.4, 0.5) is 0 Å². The number of pyridine rings is 1. The molecular weight excluding hydrogens is 208 g/mol. The lowest BCUT2D eigenvalue weighted by molar-refractivity contribution is 0.112. The summed E-state index contributed by atoms with van der Waals surface area (Å²) in [7, 11) is 0. The number of aldehydes is 1. The van der Waals surface area contributed by atoms with E-state index in [1.54, 1.807) is 0 Å². The highest BCUT2D eigenvalue weighted by Gasteiger charge is 2.04. The Labute approximate surface area is 93.1 Å². The highest BCUT2D eigenvalue weighted by atomic mass is 32.1. The molecule has 0 radical (unpaired) electrons. The SMILES string of the molecule is O=Cc1cc2ccccc2nc1CNS. The molecule has 1 N–H and O–H groups in total. The van der Waals surface area contributed by atoms with E-state index < -0.39 is 0 Å². The highest BCUT2D eigenvalue weighted by Crippen LogP contribution is 2.15. The number of nitrogens with one attached hydrogen (secondary N) is 1. The number of thiol groups is 1. The fraction of sp³-hybridized carbons (Fsp3) is 0.0909. The van der Waals surface area contributed by atoms with Gasteiger partial charge in [-0.2, -0.15) is 0 Å². The fourth-order valence-electron chi connectivity index (χ4n) is 1.49. The lowest BCUT2D eigenvalue weighted by Gasteiger charge is -2.05. The molecule has 0 unspecified atom stereocenters. The molecule has 3 nitrogen and oxygen atoms in total. The van der Waals surface area contributed by atoms with Crippen LogP contribution in [0.15, 0.2) is 30.3 Å². The van der Waals surface area contributed by atoms with Crippen LogP contribution in [0.5, 0.6) is 0 Å². The third-order valence-electron chi connectivity index (χ3n) is 2.21. The number of aromatic nitrogens is 1. The molecule has 1 aromatic heterocycles. The largest absolute Gasteiger partial charge is 0.298 e. The van der Waals surface area contributed by atoms with Crippen LogP contribution in [0.3, 0.4) is 0 Å². The van der Waals surface area contributed by atoms with Gasteiger partial charge in [-0.25, -0.2) is 0 Å². The lowest BCUT2D eigenvalue weighted by Crippen LogP contribution is -2.05. The highest BCUT2D eigenvalue weighted by molar-refractivity contribution is 7.78. The molecule has 0 saturated carbocycles. The van der Waals surface area contributed by atoms with Gasteiger partial charge in [0.2, 0.25) is 0 Å². The van der Waals surface area contributed by atoms with Crippen LogP contribution in [0.1, 0.15) is 16.1 Å². The molecule has 0 aliphatic rings. The second kappa shape index (κ2) is 4.42. The summed E-state index contributed by atoms with van der Waals surface area (Å²) in [5.41, 5.74) is 2.22. The Morgan fingerprint density at radius 3 is 2.93 bits per heavy atom. The van der Waals surface area contributed by atoms with Crippen molar-refractivity contribution in [3.05, 3.63) is 41.6 Å². The number of hydrogen-bond acceptors (Lipinski definition) is 4. The molecule has 0 bridgehead atoms. The zero-order chi connectivity index (χ0) is 10.7. The number of fused-ring (bicyclic) bond motifs is 1.